The molecule has 0 spiro atoms. The largest absolute Gasteiger partial charge is 0.444 e. The van der Waals surface area contributed by atoms with E-state index in [4.69, 9.17) is 10.2 Å². The predicted octanol–water partition coefficient (Wildman–Crippen LogP) is 3.02. The topological polar surface area (TPSA) is 82.8 Å². The highest BCUT2D eigenvalue weighted by Gasteiger charge is 2.20. The summed E-state index contributed by atoms with van der Waals surface area (Å²) in [6.07, 6.45) is 1.79. The Hall–Kier alpha value is -1.50. The van der Waals surface area contributed by atoms with Gasteiger partial charge in [0.15, 0.2) is 5.16 Å². The van der Waals surface area contributed by atoms with Crippen LogP contribution in [0.3, 0.4) is 0 Å². The summed E-state index contributed by atoms with van der Waals surface area (Å²) in [5.41, 5.74) is 5.78. The summed E-state index contributed by atoms with van der Waals surface area (Å²) in [5.74, 6) is 2.63. The number of nitrogen functional groups attached to an aromatic ring is 1. The highest BCUT2D eigenvalue weighted by Crippen LogP contribution is 2.28. The number of hydrogen-bond donors (Lipinski definition) is 1. The SMILES string of the molecule is CC(C)n1c(N)nnc1SCc1ncc(C(C)(C)C)o1. The van der Waals surface area contributed by atoms with Gasteiger partial charge in [-0.2, -0.15) is 0 Å². The third kappa shape index (κ3) is 3.15. The highest BCUT2D eigenvalue weighted by atomic mass is 32.2. The monoisotopic (exact) mass is 295 g/mol. The van der Waals surface area contributed by atoms with E-state index in [0.717, 1.165) is 10.9 Å². The lowest BCUT2D eigenvalue weighted by molar-refractivity contribution is 0.390. The summed E-state index contributed by atoms with van der Waals surface area (Å²) in [4.78, 5) is 4.30. The van der Waals surface area contributed by atoms with Crippen LogP contribution in [0, 0.1) is 0 Å². The van der Waals surface area contributed by atoms with E-state index in [1.165, 1.54) is 11.8 Å². The predicted molar refractivity (Wildman–Crippen MR) is 79.6 cm³/mol. The van der Waals surface area contributed by atoms with E-state index < -0.39 is 0 Å². The molecule has 0 radical (unpaired) electrons. The van der Waals surface area contributed by atoms with Crippen LogP contribution in [0.5, 0.6) is 0 Å². The number of nitrogens with two attached hydrogens (primary N) is 1. The van der Waals surface area contributed by atoms with Gasteiger partial charge in [0, 0.05) is 11.5 Å². The van der Waals surface area contributed by atoms with Crippen LogP contribution >= 0.6 is 11.8 Å². The minimum atomic E-state index is -0.0295. The number of oxazole rings is 1. The van der Waals surface area contributed by atoms with Gasteiger partial charge in [0.25, 0.3) is 0 Å². The van der Waals surface area contributed by atoms with E-state index in [-0.39, 0.29) is 11.5 Å². The van der Waals surface area contributed by atoms with Crippen molar-refractivity contribution in [3.63, 3.8) is 0 Å². The van der Waals surface area contributed by atoms with Crippen LogP contribution in [-0.2, 0) is 11.2 Å². The number of hydrogen-bond acceptors (Lipinski definition) is 6. The van der Waals surface area contributed by atoms with Crippen LogP contribution in [0.15, 0.2) is 15.8 Å². The van der Waals surface area contributed by atoms with E-state index in [1.54, 1.807) is 6.20 Å². The van der Waals surface area contributed by atoms with Crippen molar-refractivity contribution in [1.82, 2.24) is 19.7 Å². The van der Waals surface area contributed by atoms with E-state index in [0.29, 0.717) is 17.6 Å². The fourth-order valence-electron chi connectivity index (χ4n) is 1.72. The van der Waals surface area contributed by atoms with Gasteiger partial charge < -0.3 is 10.2 Å². The maximum Gasteiger partial charge on any atom is 0.222 e. The van der Waals surface area contributed by atoms with Gasteiger partial charge in [-0.1, -0.05) is 32.5 Å². The first-order chi connectivity index (χ1) is 9.29. The summed E-state index contributed by atoms with van der Waals surface area (Å²) in [6.45, 7) is 10.4. The van der Waals surface area contributed by atoms with Crippen molar-refractivity contribution in [2.24, 2.45) is 0 Å². The molecule has 0 bridgehead atoms. The second-order valence-electron chi connectivity index (χ2n) is 5.96. The molecule has 0 amide bonds. The third-order valence-corrected chi connectivity index (χ3v) is 3.75. The molecule has 0 saturated heterocycles. The van der Waals surface area contributed by atoms with Gasteiger partial charge in [-0.05, 0) is 13.8 Å². The summed E-state index contributed by atoms with van der Waals surface area (Å²) >= 11 is 1.53. The van der Waals surface area contributed by atoms with Gasteiger partial charge >= 0.3 is 0 Å². The van der Waals surface area contributed by atoms with Crippen LogP contribution in [-0.4, -0.2) is 19.7 Å². The maximum atomic E-state index is 5.81. The van der Waals surface area contributed by atoms with Gasteiger partial charge in [-0.3, -0.25) is 4.57 Å². The van der Waals surface area contributed by atoms with Gasteiger partial charge in [0.2, 0.25) is 11.8 Å². The fourth-order valence-corrected chi connectivity index (χ4v) is 2.65. The summed E-state index contributed by atoms with van der Waals surface area (Å²) < 4.78 is 7.66. The molecule has 2 aromatic heterocycles. The molecule has 0 saturated carbocycles. The molecule has 2 heterocycles. The Kier molecular flexibility index (Phi) is 4.08. The maximum absolute atomic E-state index is 5.81. The normalized spacial score (nSPS) is 12.3. The van der Waals surface area contributed by atoms with Crippen molar-refractivity contribution in [2.45, 2.75) is 57.0 Å². The Morgan fingerprint density at radius 3 is 2.60 bits per heavy atom. The number of nitrogens with zero attached hydrogens (tertiary/aromatic N) is 4. The van der Waals surface area contributed by atoms with Crippen LogP contribution in [0.1, 0.15) is 52.3 Å². The van der Waals surface area contributed by atoms with E-state index in [2.05, 4.69) is 36.0 Å². The molecule has 2 N–H and O–H groups in total. The molecule has 6 nitrogen and oxygen atoms in total. The molecule has 0 aliphatic carbocycles. The smallest absolute Gasteiger partial charge is 0.222 e. The van der Waals surface area contributed by atoms with Crippen molar-refractivity contribution in [3.05, 3.63) is 17.8 Å². The van der Waals surface area contributed by atoms with Gasteiger partial charge in [0.1, 0.15) is 5.76 Å². The molecule has 2 aromatic rings. The molecule has 0 atom stereocenters. The Morgan fingerprint density at radius 1 is 1.35 bits per heavy atom. The standard InChI is InChI=1S/C13H21N5OS/c1-8(2)18-11(14)16-17-12(18)20-7-10-15-6-9(19-10)13(3,4)5/h6,8H,7H2,1-5H3,(H2,14,16). The molecular formula is C13H21N5OS. The zero-order valence-electron chi connectivity index (χ0n) is 12.5. The number of rotatable bonds is 4. The molecule has 110 valence electrons. The molecular weight excluding hydrogens is 274 g/mol. The molecule has 0 aliphatic heterocycles. The zero-order chi connectivity index (χ0) is 14.9. The van der Waals surface area contributed by atoms with Gasteiger partial charge in [-0.15, -0.1) is 10.2 Å². The van der Waals surface area contributed by atoms with Crippen molar-refractivity contribution in [3.8, 4) is 0 Å². The van der Waals surface area contributed by atoms with Crippen molar-refractivity contribution in [1.29, 1.82) is 0 Å². The van der Waals surface area contributed by atoms with Crippen LogP contribution < -0.4 is 5.73 Å². The van der Waals surface area contributed by atoms with Crippen molar-refractivity contribution < 1.29 is 4.42 Å². The van der Waals surface area contributed by atoms with Crippen LogP contribution in [0.25, 0.3) is 0 Å². The first kappa shape index (κ1) is 14.9. The Balaban J connectivity index is 2.08. The first-order valence-electron chi connectivity index (χ1n) is 6.57. The lowest BCUT2D eigenvalue weighted by atomic mass is 9.94. The lowest BCUT2D eigenvalue weighted by Gasteiger charge is -2.13. The average molecular weight is 295 g/mol. The summed E-state index contributed by atoms with van der Waals surface area (Å²) in [7, 11) is 0. The van der Waals surface area contributed by atoms with Gasteiger partial charge in [0.05, 0.1) is 11.9 Å². The Labute approximate surface area is 123 Å². The quantitative estimate of drug-likeness (QED) is 0.873. The van der Waals surface area contributed by atoms with Crippen LogP contribution in [0.4, 0.5) is 5.95 Å². The minimum absolute atomic E-state index is 0.0295. The Morgan fingerprint density at radius 2 is 2.05 bits per heavy atom. The summed E-state index contributed by atoms with van der Waals surface area (Å²) in [5, 5.41) is 8.79. The highest BCUT2D eigenvalue weighted by molar-refractivity contribution is 7.98. The molecule has 7 heteroatoms. The summed E-state index contributed by atoms with van der Waals surface area (Å²) in [6, 6.07) is 0.224. The second kappa shape index (κ2) is 5.47. The zero-order valence-corrected chi connectivity index (χ0v) is 13.4. The van der Waals surface area contributed by atoms with Crippen LogP contribution in [0.2, 0.25) is 0 Å². The average Bonchev–Trinajstić information content (AvgIpc) is 2.91. The third-order valence-electron chi connectivity index (χ3n) is 2.82. The molecule has 0 fully saturated rings. The number of anilines is 1. The fraction of sp³-hybridized carbons (Fsp3) is 0.615. The molecule has 20 heavy (non-hydrogen) atoms. The first-order valence-corrected chi connectivity index (χ1v) is 7.56. The van der Waals surface area contributed by atoms with E-state index in [1.807, 2.05) is 18.4 Å². The van der Waals surface area contributed by atoms with E-state index in [9.17, 15) is 0 Å². The molecule has 0 aliphatic rings. The minimum Gasteiger partial charge on any atom is -0.444 e. The van der Waals surface area contributed by atoms with Crippen molar-refractivity contribution >= 4 is 17.7 Å². The second-order valence-corrected chi connectivity index (χ2v) is 6.90. The molecule has 0 aromatic carbocycles. The Bertz CT molecular complexity index is 582. The molecule has 2 rings (SSSR count). The van der Waals surface area contributed by atoms with Gasteiger partial charge in [-0.25, -0.2) is 4.98 Å². The van der Waals surface area contributed by atoms with E-state index >= 15 is 0 Å². The number of aromatic nitrogens is 4. The number of thioether (sulfide) groups is 1. The van der Waals surface area contributed by atoms with Crippen molar-refractivity contribution in [2.75, 3.05) is 5.73 Å². The lowest BCUT2D eigenvalue weighted by Crippen LogP contribution is -2.09. The molecule has 0 unspecified atom stereocenters.